The minimum absolute atomic E-state index is 0.197. The molecule has 0 unspecified atom stereocenters. The van der Waals surface area contributed by atoms with Gasteiger partial charge in [0.05, 0.1) is 6.42 Å². The highest BCUT2D eigenvalue weighted by Gasteiger charge is 2.19. The monoisotopic (exact) mass is 358 g/mol. The number of esters is 1. The van der Waals surface area contributed by atoms with E-state index in [-0.39, 0.29) is 17.9 Å². The van der Waals surface area contributed by atoms with Gasteiger partial charge in [-0.3, -0.25) is 14.4 Å². The molecule has 0 aliphatic heterocycles. The minimum Gasteiger partial charge on any atom is -0.452 e. The molecule has 2 amide bonds. The quantitative estimate of drug-likeness (QED) is 0.778. The molecule has 0 aliphatic carbocycles. The molecule has 2 aromatic carbocycles. The van der Waals surface area contributed by atoms with Gasteiger partial charge in [0.15, 0.2) is 6.10 Å². The lowest BCUT2D eigenvalue weighted by Gasteiger charge is -2.14. The Morgan fingerprint density at radius 1 is 1.00 bits per heavy atom. The Hall–Kier alpha value is -3.22. The van der Waals surface area contributed by atoms with E-state index in [9.17, 15) is 18.8 Å². The van der Waals surface area contributed by atoms with Gasteiger partial charge in [0.2, 0.25) is 5.91 Å². The summed E-state index contributed by atoms with van der Waals surface area (Å²) in [4.78, 5) is 34.9. The third-order valence-corrected chi connectivity index (χ3v) is 3.44. The van der Waals surface area contributed by atoms with Crippen molar-refractivity contribution in [3.8, 4) is 0 Å². The Labute approximate surface area is 150 Å². The van der Waals surface area contributed by atoms with E-state index in [0.717, 1.165) is 0 Å². The fourth-order valence-electron chi connectivity index (χ4n) is 2.17. The first-order valence-electron chi connectivity index (χ1n) is 7.96. The van der Waals surface area contributed by atoms with Gasteiger partial charge in [-0.2, -0.15) is 0 Å². The van der Waals surface area contributed by atoms with E-state index in [1.165, 1.54) is 32.0 Å². The van der Waals surface area contributed by atoms with Gasteiger partial charge < -0.3 is 15.4 Å². The van der Waals surface area contributed by atoms with Crippen LogP contribution >= 0.6 is 0 Å². The highest BCUT2D eigenvalue weighted by Crippen LogP contribution is 2.14. The number of carbonyl (C=O) groups excluding carboxylic acids is 3. The Bertz CT molecular complexity index is 805. The van der Waals surface area contributed by atoms with Gasteiger partial charge in [0.25, 0.3) is 5.91 Å². The first kappa shape index (κ1) is 19.1. The van der Waals surface area contributed by atoms with Crippen LogP contribution in [0.4, 0.5) is 15.8 Å². The van der Waals surface area contributed by atoms with Crippen molar-refractivity contribution in [1.82, 2.24) is 0 Å². The molecular formula is C19H19FN2O4. The SMILES string of the molecule is CC(=O)Nc1ccc(NC(=O)[C@@H](C)OC(=O)Cc2ccccc2F)cc1. The van der Waals surface area contributed by atoms with Gasteiger partial charge in [-0.05, 0) is 42.8 Å². The smallest absolute Gasteiger partial charge is 0.311 e. The summed E-state index contributed by atoms with van der Waals surface area (Å²) in [7, 11) is 0. The molecule has 0 bridgehead atoms. The fraction of sp³-hybridized carbons (Fsp3) is 0.211. The second kappa shape index (κ2) is 8.75. The van der Waals surface area contributed by atoms with Crippen LogP contribution < -0.4 is 10.6 Å². The zero-order valence-corrected chi connectivity index (χ0v) is 14.4. The van der Waals surface area contributed by atoms with Crippen LogP contribution in [0.3, 0.4) is 0 Å². The zero-order chi connectivity index (χ0) is 19.1. The molecule has 0 saturated heterocycles. The summed E-state index contributed by atoms with van der Waals surface area (Å²) < 4.78 is 18.6. The molecule has 0 aromatic heterocycles. The molecular weight excluding hydrogens is 339 g/mol. The number of amides is 2. The average molecular weight is 358 g/mol. The standard InChI is InChI=1S/C19H19FN2O4/c1-12(26-18(24)11-14-5-3-4-6-17(14)20)19(25)22-16-9-7-15(8-10-16)21-13(2)23/h3-10,12H,11H2,1-2H3,(H,21,23)(H,22,25)/t12-/m1/s1. The second-order valence-corrected chi connectivity index (χ2v) is 5.65. The Kier molecular flexibility index (Phi) is 6.43. The Balaban J connectivity index is 1.87. The maximum atomic E-state index is 13.5. The van der Waals surface area contributed by atoms with Gasteiger partial charge >= 0.3 is 5.97 Å². The van der Waals surface area contributed by atoms with Crippen LogP contribution in [0.15, 0.2) is 48.5 Å². The minimum atomic E-state index is -1.04. The number of carbonyl (C=O) groups is 3. The van der Waals surface area contributed by atoms with Gasteiger partial charge in [-0.1, -0.05) is 18.2 Å². The number of benzene rings is 2. The van der Waals surface area contributed by atoms with E-state index in [4.69, 9.17) is 4.74 Å². The van der Waals surface area contributed by atoms with E-state index >= 15 is 0 Å². The molecule has 6 nitrogen and oxygen atoms in total. The topological polar surface area (TPSA) is 84.5 Å². The van der Waals surface area contributed by atoms with Crippen molar-refractivity contribution in [3.63, 3.8) is 0 Å². The van der Waals surface area contributed by atoms with Crippen LogP contribution in [0.5, 0.6) is 0 Å². The summed E-state index contributed by atoms with van der Waals surface area (Å²) in [5.74, 6) is -1.91. The van der Waals surface area contributed by atoms with Crippen molar-refractivity contribution in [2.24, 2.45) is 0 Å². The summed E-state index contributed by atoms with van der Waals surface area (Å²) in [6.07, 6.45) is -1.29. The van der Waals surface area contributed by atoms with E-state index in [1.807, 2.05) is 0 Å². The molecule has 0 fully saturated rings. The molecule has 0 heterocycles. The molecule has 0 spiro atoms. The highest BCUT2D eigenvalue weighted by atomic mass is 19.1. The first-order valence-corrected chi connectivity index (χ1v) is 7.96. The predicted octanol–water partition coefficient (Wildman–Crippen LogP) is 2.90. The second-order valence-electron chi connectivity index (χ2n) is 5.65. The number of hydrogen-bond acceptors (Lipinski definition) is 4. The Morgan fingerprint density at radius 2 is 1.58 bits per heavy atom. The van der Waals surface area contributed by atoms with Gasteiger partial charge in [0, 0.05) is 18.3 Å². The first-order chi connectivity index (χ1) is 12.3. The van der Waals surface area contributed by atoms with Crippen molar-refractivity contribution in [3.05, 3.63) is 59.9 Å². The van der Waals surface area contributed by atoms with Crippen LogP contribution in [0.1, 0.15) is 19.4 Å². The lowest BCUT2D eigenvalue weighted by atomic mass is 10.1. The molecule has 0 aliphatic rings. The number of anilines is 2. The molecule has 7 heteroatoms. The molecule has 2 aromatic rings. The van der Waals surface area contributed by atoms with E-state index in [0.29, 0.717) is 11.4 Å². The van der Waals surface area contributed by atoms with E-state index in [1.54, 1.807) is 30.3 Å². The number of ether oxygens (including phenoxy) is 1. The molecule has 2 rings (SSSR count). The lowest BCUT2D eigenvalue weighted by molar-refractivity contribution is -0.152. The maximum absolute atomic E-state index is 13.5. The average Bonchev–Trinajstić information content (AvgIpc) is 2.58. The molecule has 0 saturated carbocycles. The van der Waals surface area contributed by atoms with Crippen molar-refractivity contribution in [2.45, 2.75) is 26.4 Å². The normalized spacial score (nSPS) is 11.3. The molecule has 0 radical (unpaired) electrons. The van der Waals surface area contributed by atoms with Crippen LogP contribution in [0.2, 0.25) is 0 Å². The van der Waals surface area contributed by atoms with Gasteiger partial charge in [-0.15, -0.1) is 0 Å². The fourth-order valence-corrected chi connectivity index (χ4v) is 2.17. The summed E-state index contributed by atoms with van der Waals surface area (Å²) in [5.41, 5.74) is 1.29. The summed E-state index contributed by atoms with van der Waals surface area (Å²) in [6, 6.07) is 12.4. The molecule has 2 N–H and O–H groups in total. The van der Waals surface area contributed by atoms with Crippen molar-refractivity contribution >= 4 is 29.2 Å². The van der Waals surface area contributed by atoms with Crippen LogP contribution in [-0.2, 0) is 25.5 Å². The van der Waals surface area contributed by atoms with Crippen LogP contribution in [0, 0.1) is 5.82 Å². The third kappa shape index (κ3) is 5.70. The number of halogens is 1. The van der Waals surface area contributed by atoms with E-state index in [2.05, 4.69) is 10.6 Å². The largest absolute Gasteiger partial charge is 0.452 e. The number of hydrogen-bond donors (Lipinski definition) is 2. The number of nitrogens with one attached hydrogen (secondary N) is 2. The number of rotatable bonds is 6. The zero-order valence-electron chi connectivity index (χ0n) is 14.4. The van der Waals surface area contributed by atoms with E-state index < -0.39 is 23.8 Å². The molecule has 26 heavy (non-hydrogen) atoms. The van der Waals surface area contributed by atoms with Crippen LogP contribution in [0.25, 0.3) is 0 Å². The molecule has 1 atom stereocenters. The highest BCUT2D eigenvalue weighted by molar-refractivity contribution is 5.95. The van der Waals surface area contributed by atoms with Gasteiger partial charge in [-0.25, -0.2) is 4.39 Å². The third-order valence-electron chi connectivity index (χ3n) is 3.44. The summed E-state index contributed by atoms with van der Waals surface area (Å²) in [5, 5.41) is 5.21. The Morgan fingerprint density at radius 3 is 2.15 bits per heavy atom. The molecule has 136 valence electrons. The maximum Gasteiger partial charge on any atom is 0.311 e. The van der Waals surface area contributed by atoms with Crippen molar-refractivity contribution < 1.29 is 23.5 Å². The van der Waals surface area contributed by atoms with Crippen molar-refractivity contribution in [2.75, 3.05) is 10.6 Å². The summed E-state index contributed by atoms with van der Waals surface area (Å²) in [6.45, 7) is 2.83. The summed E-state index contributed by atoms with van der Waals surface area (Å²) >= 11 is 0. The van der Waals surface area contributed by atoms with Gasteiger partial charge in [0.1, 0.15) is 5.82 Å². The van der Waals surface area contributed by atoms with Crippen molar-refractivity contribution in [1.29, 1.82) is 0 Å². The predicted molar refractivity (Wildman–Crippen MR) is 95.0 cm³/mol. The lowest BCUT2D eigenvalue weighted by Crippen LogP contribution is -2.30. The van der Waals surface area contributed by atoms with Crippen LogP contribution in [-0.4, -0.2) is 23.9 Å².